The fourth-order valence-electron chi connectivity index (χ4n) is 3.94. The first-order valence-corrected chi connectivity index (χ1v) is 11.6. The number of likely N-dealkylation sites (tertiary alicyclic amines) is 1. The summed E-state index contributed by atoms with van der Waals surface area (Å²) in [5.41, 5.74) is 0.732. The van der Waals surface area contributed by atoms with Gasteiger partial charge < -0.3 is 19.7 Å². The van der Waals surface area contributed by atoms with Gasteiger partial charge in [0.1, 0.15) is 17.2 Å². The predicted octanol–water partition coefficient (Wildman–Crippen LogP) is 6.61. The Kier molecular flexibility index (Phi) is 6.49. The van der Waals surface area contributed by atoms with E-state index in [0.717, 1.165) is 28.6 Å². The lowest BCUT2D eigenvalue weighted by Gasteiger charge is -2.39. The van der Waals surface area contributed by atoms with Crippen molar-refractivity contribution in [3.05, 3.63) is 90.2 Å². The molecular weight excluding hydrogens is 450 g/mol. The van der Waals surface area contributed by atoms with Crippen LogP contribution < -0.4 is 14.8 Å². The molecule has 0 bridgehead atoms. The molecule has 1 N–H and O–H groups in total. The topological polar surface area (TPSA) is 63.7 Å². The van der Waals surface area contributed by atoms with Crippen LogP contribution in [0.1, 0.15) is 6.42 Å². The molecule has 0 atom stereocenters. The lowest BCUT2D eigenvalue weighted by molar-refractivity contribution is 0.113. The number of fused-ring (bicyclic) bond motifs is 1. The van der Waals surface area contributed by atoms with E-state index in [-0.39, 0.29) is 6.03 Å². The Labute approximate surface area is 203 Å². The largest absolute Gasteiger partial charge is 0.493 e. The molecule has 2 heterocycles. The van der Waals surface area contributed by atoms with Gasteiger partial charge in [0.15, 0.2) is 0 Å². The molecule has 6 nitrogen and oxygen atoms in total. The second kappa shape index (κ2) is 10.0. The van der Waals surface area contributed by atoms with Crippen molar-refractivity contribution in [1.82, 2.24) is 9.88 Å². The van der Waals surface area contributed by atoms with Gasteiger partial charge in [-0.05, 0) is 48.7 Å². The number of carbonyl (C=O) groups is 1. The number of carbonyl (C=O) groups excluding carboxylic acids is 1. The summed E-state index contributed by atoms with van der Waals surface area (Å²) in [7, 11) is 0. The number of ether oxygens (including phenoxy) is 2. The minimum Gasteiger partial charge on any atom is -0.493 e. The molecule has 4 aromatic rings. The monoisotopic (exact) mass is 473 g/mol. The van der Waals surface area contributed by atoms with Crippen LogP contribution in [-0.2, 0) is 0 Å². The second-order valence-electron chi connectivity index (χ2n) is 8.28. The minimum absolute atomic E-state index is 0.0950. The van der Waals surface area contributed by atoms with Crippen LogP contribution >= 0.6 is 11.6 Å². The molecular formula is C27H24ClN3O3. The van der Waals surface area contributed by atoms with E-state index in [1.807, 2.05) is 65.6 Å². The number of urea groups is 1. The number of aromatic nitrogens is 1. The van der Waals surface area contributed by atoms with Gasteiger partial charge in [-0.15, -0.1) is 0 Å². The van der Waals surface area contributed by atoms with E-state index in [9.17, 15) is 4.79 Å². The zero-order valence-electron chi connectivity index (χ0n) is 18.5. The highest BCUT2D eigenvalue weighted by atomic mass is 35.5. The third kappa shape index (κ3) is 5.24. The smallest absolute Gasteiger partial charge is 0.321 e. The number of nitrogens with one attached hydrogen (secondary N) is 1. The number of nitrogens with zero attached hydrogens (tertiary/aromatic N) is 2. The van der Waals surface area contributed by atoms with E-state index < -0.39 is 0 Å². The summed E-state index contributed by atoms with van der Waals surface area (Å²) in [6, 6.07) is 22.6. The summed E-state index contributed by atoms with van der Waals surface area (Å²) >= 11 is 5.92. The van der Waals surface area contributed by atoms with Crippen LogP contribution in [0.3, 0.4) is 0 Å². The first-order chi connectivity index (χ1) is 16.6. The fraction of sp³-hybridized carbons (Fsp3) is 0.185. The number of anilines is 1. The van der Waals surface area contributed by atoms with E-state index in [1.165, 1.54) is 0 Å². The van der Waals surface area contributed by atoms with Crippen LogP contribution in [0.2, 0.25) is 5.02 Å². The maximum Gasteiger partial charge on any atom is 0.321 e. The number of amides is 2. The van der Waals surface area contributed by atoms with Crippen molar-refractivity contribution in [3.8, 4) is 17.2 Å². The fourth-order valence-corrected chi connectivity index (χ4v) is 4.06. The van der Waals surface area contributed by atoms with Gasteiger partial charge in [0.2, 0.25) is 0 Å². The average molecular weight is 474 g/mol. The first kappa shape index (κ1) is 22.0. The molecule has 1 saturated heterocycles. The van der Waals surface area contributed by atoms with Gasteiger partial charge in [-0.3, -0.25) is 4.98 Å². The van der Waals surface area contributed by atoms with Crippen LogP contribution in [-0.4, -0.2) is 35.6 Å². The number of halogens is 1. The van der Waals surface area contributed by atoms with E-state index in [4.69, 9.17) is 21.1 Å². The highest BCUT2D eigenvalue weighted by Gasteiger charge is 2.30. The van der Waals surface area contributed by atoms with Crippen molar-refractivity contribution in [2.75, 3.05) is 25.0 Å². The summed E-state index contributed by atoms with van der Waals surface area (Å²) in [5, 5.41) is 5.65. The second-order valence-corrected chi connectivity index (χ2v) is 8.71. The zero-order valence-corrected chi connectivity index (χ0v) is 19.2. The Hall–Kier alpha value is -3.77. The molecule has 5 rings (SSSR count). The molecule has 34 heavy (non-hydrogen) atoms. The summed E-state index contributed by atoms with van der Waals surface area (Å²) in [6.45, 7) is 2.01. The summed E-state index contributed by atoms with van der Waals surface area (Å²) in [6.07, 6.45) is 4.36. The van der Waals surface area contributed by atoms with Gasteiger partial charge >= 0.3 is 6.03 Å². The number of pyridine rings is 1. The van der Waals surface area contributed by atoms with Crippen molar-refractivity contribution in [2.45, 2.75) is 6.42 Å². The molecule has 1 fully saturated rings. The number of rotatable bonds is 7. The first-order valence-electron chi connectivity index (χ1n) is 11.2. The van der Waals surface area contributed by atoms with Crippen molar-refractivity contribution in [2.24, 2.45) is 5.92 Å². The molecule has 7 heteroatoms. The predicted molar refractivity (Wildman–Crippen MR) is 134 cm³/mol. The van der Waals surface area contributed by atoms with E-state index >= 15 is 0 Å². The van der Waals surface area contributed by atoms with Gasteiger partial charge in [-0.25, -0.2) is 4.79 Å². The molecule has 0 radical (unpaired) electrons. The maximum atomic E-state index is 12.6. The molecule has 1 aliphatic rings. The van der Waals surface area contributed by atoms with E-state index in [1.54, 1.807) is 24.5 Å². The summed E-state index contributed by atoms with van der Waals surface area (Å²) < 4.78 is 11.8. The number of hydrogen-bond acceptors (Lipinski definition) is 4. The summed E-state index contributed by atoms with van der Waals surface area (Å²) in [4.78, 5) is 18.7. The van der Waals surface area contributed by atoms with Crippen molar-refractivity contribution in [1.29, 1.82) is 0 Å². The van der Waals surface area contributed by atoms with Crippen molar-refractivity contribution >= 4 is 34.1 Å². The number of benzene rings is 3. The standard InChI is InChI=1S/C27H24ClN3O3/c28-21-8-10-22(11-9-21)34-24-6-3-5-23(14-24)33-13-12-19-17-31(18-19)27(32)30-26-16-29-15-20-4-1-2-7-25(20)26/h1-11,14-16,19H,12-13,17-18H2,(H,30,32). The van der Waals surface area contributed by atoms with Gasteiger partial charge in [0, 0.05) is 41.1 Å². The third-order valence-electron chi connectivity index (χ3n) is 5.80. The highest BCUT2D eigenvalue weighted by Crippen LogP contribution is 2.28. The molecule has 172 valence electrons. The Morgan fingerprint density at radius 3 is 2.62 bits per heavy atom. The van der Waals surface area contributed by atoms with Gasteiger partial charge in [-0.1, -0.05) is 41.9 Å². The Balaban J connectivity index is 1.07. The minimum atomic E-state index is -0.0950. The molecule has 2 amide bonds. The van der Waals surface area contributed by atoms with Crippen LogP contribution in [0, 0.1) is 5.92 Å². The van der Waals surface area contributed by atoms with Gasteiger partial charge in [0.05, 0.1) is 18.5 Å². The van der Waals surface area contributed by atoms with E-state index in [2.05, 4.69) is 10.3 Å². The lowest BCUT2D eigenvalue weighted by Crippen LogP contribution is -2.52. The summed E-state index contributed by atoms with van der Waals surface area (Å²) in [5.74, 6) is 2.59. The Morgan fingerprint density at radius 2 is 1.76 bits per heavy atom. The van der Waals surface area contributed by atoms with Crippen molar-refractivity contribution < 1.29 is 14.3 Å². The SMILES string of the molecule is O=C(Nc1cncc2ccccc12)N1CC(CCOc2cccc(Oc3ccc(Cl)cc3)c2)C1. The molecule has 3 aromatic carbocycles. The van der Waals surface area contributed by atoms with Gasteiger partial charge in [-0.2, -0.15) is 0 Å². The molecule has 0 aliphatic carbocycles. The highest BCUT2D eigenvalue weighted by molar-refractivity contribution is 6.30. The average Bonchev–Trinajstić information content (AvgIpc) is 2.82. The normalized spacial score (nSPS) is 13.4. The third-order valence-corrected chi connectivity index (χ3v) is 6.06. The maximum absolute atomic E-state index is 12.6. The Morgan fingerprint density at radius 1 is 0.971 bits per heavy atom. The lowest BCUT2D eigenvalue weighted by atomic mass is 9.97. The van der Waals surface area contributed by atoms with Crippen LogP contribution in [0.4, 0.5) is 10.5 Å². The molecule has 0 unspecified atom stereocenters. The molecule has 1 aliphatic heterocycles. The van der Waals surface area contributed by atoms with Crippen LogP contribution in [0.15, 0.2) is 85.2 Å². The van der Waals surface area contributed by atoms with Crippen LogP contribution in [0.25, 0.3) is 10.8 Å². The van der Waals surface area contributed by atoms with Crippen molar-refractivity contribution in [3.63, 3.8) is 0 Å². The van der Waals surface area contributed by atoms with E-state index in [0.29, 0.717) is 42.1 Å². The van der Waals surface area contributed by atoms with Crippen LogP contribution in [0.5, 0.6) is 17.2 Å². The molecule has 1 aromatic heterocycles. The van der Waals surface area contributed by atoms with Gasteiger partial charge in [0.25, 0.3) is 0 Å². The Bertz CT molecular complexity index is 1280. The zero-order chi connectivity index (χ0) is 23.3. The number of hydrogen-bond donors (Lipinski definition) is 1. The quantitative estimate of drug-likeness (QED) is 0.328. The molecule has 0 saturated carbocycles. The molecule has 0 spiro atoms.